The second-order valence-corrected chi connectivity index (χ2v) is 5.33. The SMILES string of the molecule is CC(=O)c1c(C)[nH]c(C(=O)[C@@H](C)OC(=O)c2ccncc2)c1C. The normalized spacial score (nSPS) is 11.8. The van der Waals surface area contributed by atoms with Crippen LogP contribution in [0, 0.1) is 13.8 Å². The van der Waals surface area contributed by atoms with Gasteiger partial charge < -0.3 is 9.72 Å². The smallest absolute Gasteiger partial charge is 0.338 e. The van der Waals surface area contributed by atoms with Gasteiger partial charge in [-0.2, -0.15) is 0 Å². The van der Waals surface area contributed by atoms with Crippen LogP contribution < -0.4 is 0 Å². The first kappa shape index (κ1) is 16.6. The second-order valence-electron chi connectivity index (χ2n) is 5.33. The number of hydrogen-bond acceptors (Lipinski definition) is 5. The molecule has 6 heteroatoms. The summed E-state index contributed by atoms with van der Waals surface area (Å²) in [5.74, 6) is -1.08. The van der Waals surface area contributed by atoms with Gasteiger partial charge in [0.1, 0.15) is 0 Å². The monoisotopic (exact) mass is 314 g/mol. The van der Waals surface area contributed by atoms with Crippen LogP contribution in [0.5, 0.6) is 0 Å². The van der Waals surface area contributed by atoms with E-state index < -0.39 is 12.1 Å². The zero-order valence-electron chi connectivity index (χ0n) is 13.5. The van der Waals surface area contributed by atoms with Crippen molar-refractivity contribution in [1.29, 1.82) is 0 Å². The summed E-state index contributed by atoms with van der Waals surface area (Å²) in [7, 11) is 0. The molecule has 0 spiro atoms. The highest BCUT2D eigenvalue weighted by molar-refractivity contribution is 6.05. The Bertz CT molecular complexity index is 762. The van der Waals surface area contributed by atoms with Crippen molar-refractivity contribution in [2.75, 3.05) is 0 Å². The molecular weight excluding hydrogens is 296 g/mol. The van der Waals surface area contributed by atoms with Gasteiger partial charge in [0.05, 0.1) is 11.3 Å². The molecule has 0 saturated carbocycles. The topological polar surface area (TPSA) is 89.1 Å². The molecule has 2 aromatic rings. The molecule has 0 fully saturated rings. The first-order valence-corrected chi connectivity index (χ1v) is 7.18. The highest BCUT2D eigenvalue weighted by Gasteiger charge is 2.26. The molecule has 2 heterocycles. The van der Waals surface area contributed by atoms with E-state index in [4.69, 9.17) is 4.74 Å². The Kier molecular flexibility index (Phi) is 4.74. The van der Waals surface area contributed by atoms with Crippen molar-refractivity contribution in [1.82, 2.24) is 9.97 Å². The predicted octanol–water partition coefficient (Wildman–Crippen LogP) is 2.66. The fourth-order valence-corrected chi connectivity index (χ4v) is 2.50. The van der Waals surface area contributed by atoms with Crippen molar-refractivity contribution in [3.63, 3.8) is 0 Å². The number of aromatic amines is 1. The number of ketones is 2. The number of carbonyl (C=O) groups excluding carboxylic acids is 3. The van der Waals surface area contributed by atoms with E-state index in [-0.39, 0.29) is 11.6 Å². The van der Waals surface area contributed by atoms with Crippen LogP contribution in [-0.2, 0) is 4.74 Å². The summed E-state index contributed by atoms with van der Waals surface area (Å²) in [5.41, 5.74) is 2.32. The van der Waals surface area contributed by atoms with Crippen molar-refractivity contribution in [3.05, 3.63) is 52.6 Å². The molecule has 1 atom stereocenters. The summed E-state index contributed by atoms with van der Waals surface area (Å²) < 4.78 is 5.20. The minimum atomic E-state index is -0.966. The first-order valence-electron chi connectivity index (χ1n) is 7.18. The van der Waals surface area contributed by atoms with Gasteiger partial charge in [-0.05, 0) is 45.4 Å². The Balaban J connectivity index is 2.19. The predicted molar refractivity (Wildman–Crippen MR) is 83.7 cm³/mol. The van der Waals surface area contributed by atoms with Crippen LogP contribution in [0.3, 0.4) is 0 Å². The van der Waals surface area contributed by atoms with Gasteiger partial charge in [-0.1, -0.05) is 0 Å². The molecule has 0 bridgehead atoms. The van der Waals surface area contributed by atoms with Crippen molar-refractivity contribution in [2.24, 2.45) is 0 Å². The number of H-pyrrole nitrogens is 1. The molecule has 2 aromatic heterocycles. The Morgan fingerprint density at radius 1 is 1.17 bits per heavy atom. The molecule has 0 aromatic carbocycles. The van der Waals surface area contributed by atoms with E-state index in [0.29, 0.717) is 28.1 Å². The van der Waals surface area contributed by atoms with Gasteiger partial charge in [-0.3, -0.25) is 14.6 Å². The van der Waals surface area contributed by atoms with E-state index in [1.807, 2.05) is 0 Å². The first-order chi connectivity index (χ1) is 10.8. The average molecular weight is 314 g/mol. The van der Waals surface area contributed by atoms with Crippen LogP contribution in [0.15, 0.2) is 24.5 Å². The van der Waals surface area contributed by atoms with E-state index in [9.17, 15) is 14.4 Å². The lowest BCUT2D eigenvalue weighted by Gasteiger charge is -2.12. The average Bonchev–Trinajstić information content (AvgIpc) is 2.82. The lowest BCUT2D eigenvalue weighted by molar-refractivity contribution is 0.0317. The maximum atomic E-state index is 12.5. The Morgan fingerprint density at radius 3 is 2.30 bits per heavy atom. The van der Waals surface area contributed by atoms with Crippen molar-refractivity contribution >= 4 is 17.5 Å². The summed E-state index contributed by atoms with van der Waals surface area (Å²) in [6.45, 7) is 6.38. The number of pyridine rings is 1. The van der Waals surface area contributed by atoms with Gasteiger partial charge in [-0.15, -0.1) is 0 Å². The van der Waals surface area contributed by atoms with Crippen molar-refractivity contribution in [3.8, 4) is 0 Å². The summed E-state index contributed by atoms with van der Waals surface area (Å²) >= 11 is 0. The van der Waals surface area contributed by atoms with Gasteiger partial charge in [0, 0.05) is 23.7 Å². The fraction of sp³-hybridized carbons (Fsp3) is 0.294. The number of Topliss-reactive ketones (excluding diaryl/α,β-unsaturated/α-hetero) is 2. The molecule has 120 valence electrons. The highest BCUT2D eigenvalue weighted by atomic mass is 16.5. The maximum absolute atomic E-state index is 12.5. The standard InChI is InChI=1S/C17H18N2O4/c1-9-14(11(3)20)10(2)19-15(9)16(21)12(4)23-17(22)13-5-7-18-8-6-13/h5-8,12,19H,1-4H3/t12-/m1/s1. The van der Waals surface area contributed by atoms with Crippen molar-refractivity contribution < 1.29 is 19.1 Å². The van der Waals surface area contributed by atoms with E-state index in [1.165, 1.54) is 38.4 Å². The third kappa shape index (κ3) is 3.36. The molecule has 0 unspecified atom stereocenters. The second kappa shape index (κ2) is 6.56. The molecule has 0 aliphatic heterocycles. The molecule has 2 rings (SSSR count). The van der Waals surface area contributed by atoms with Gasteiger partial charge in [0.15, 0.2) is 11.9 Å². The molecule has 1 N–H and O–H groups in total. The molecule has 0 aliphatic carbocycles. The molecule has 0 amide bonds. The number of esters is 1. The number of carbonyl (C=O) groups is 3. The van der Waals surface area contributed by atoms with Crippen LogP contribution in [0.25, 0.3) is 0 Å². The van der Waals surface area contributed by atoms with E-state index in [2.05, 4.69) is 9.97 Å². The summed E-state index contributed by atoms with van der Waals surface area (Å²) in [4.78, 5) is 42.8. The molecule has 0 radical (unpaired) electrons. The zero-order valence-corrected chi connectivity index (χ0v) is 13.5. The highest BCUT2D eigenvalue weighted by Crippen LogP contribution is 2.20. The lowest BCUT2D eigenvalue weighted by Crippen LogP contribution is -2.25. The van der Waals surface area contributed by atoms with Gasteiger partial charge in [0.2, 0.25) is 5.78 Å². The zero-order chi connectivity index (χ0) is 17.1. The number of nitrogens with one attached hydrogen (secondary N) is 1. The molecule has 23 heavy (non-hydrogen) atoms. The number of hydrogen-bond donors (Lipinski definition) is 1. The summed E-state index contributed by atoms with van der Waals surface area (Å²) in [6, 6.07) is 3.02. The molecule has 6 nitrogen and oxygen atoms in total. The summed E-state index contributed by atoms with van der Waals surface area (Å²) in [5, 5.41) is 0. The molecule has 0 aliphatic rings. The fourth-order valence-electron chi connectivity index (χ4n) is 2.50. The number of rotatable bonds is 5. The van der Waals surface area contributed by atoms with Crippen LogP contribution >= 0.6 is 0 Å². The Morgan fingerprint density at radius 2 is 1.78 bits per heavy atom. The minimum absolute atomic E-state index is 0.114. The maximum Gasteiger partial charge on any atom is 0.338 e. The Labute approximate surface area is 133 Å². The van der Waals surface area contributed by atoms with E-state index >= 15 is 0 Å². The molecular formula is C17H18N2O4. The number of aromatic nitrogens is 2. The lowest BCUT2D eigenvalue weighted by atomic mass is 10.0. The van der Waals surface area contributed by atoms with Crippen LogP contribution in [0.1, 0.15) is 56.3 Å². The van der Waals surface area contributed by atoms with Gasteiger partial charge in [0.25, 0.3) is 0 Å². The van der Waals surface area contributed by atoms with Crippen LogP contribution in [-0.4, -0.2) is 33.6 Å². The van der Waals surface area contributed by atoms with Gasteiger partial charge in [-0.25, -0.2) is 4.79 Å². The van der Waals surface area contributed by atoms with E-state index in [0.717, 1.165) is 0 Å². The largest absolute Gasteiger partial charge is 0.451 e. The van der Waals surface area contributed by atoms with E-state index in [1.54, 1.807) is 13.8 Å². The van der Waals surface area contributed by atoms with Crippen LogP contribution in [0.4, 0.5) is 0 Å². The third-order valence-corrected chi connectivity index (χ3v) is 3.61. The number of nitrogens with zero attached hydrogens (tertiary/aromatic N) is 1. The van der Waals surface area contributed by atoms with Gasteiger partial charge >= 0.3 is 5.97 Å². The Hall–Kier alpha value is -2.76. The minimum Gasteiger partial charge on any atom is -0.451 e. The van der Waals surface area contributed by atoms with Crippen LogP contribution in [0.2, 0.25) is 0 Å². The molecule has 0 saturated heterocycles. The third-order valence-electron chi connectivity index (χ3n) is 3.61. The summed E-state index contributed by atoms with van der Waals surface area (Å²) in [6.07, 6.45) is 1.98. The number of ether oxygens (including phenoxy) is 1. The quantitative estimate of drug-likeness (QED) is 0.677. The number of aryl methyl sites for hydroxylation is 1. The van der Waals surface area contributed by atoms with Crippen molar-refractivity contribution in [2.45, 2.75) is 33.8 Å².